The van der Waals surface area contributed by atoms with Gasteiger partial charge in [0.15, 0.2) is 17.3 Å². The minimum absolute atomic E-state index is 0.111. The minimum atomic E-state index is -1.47. The molecule has 1 aliphatic carbocycles. The van der Waals surface area contributed by atoms with E-state index >= 15 is 0 Å². The zero-order valence-corrected chi connectivity index (χ0v) is 20.0. The molecule has 0 aromatic heterocycles. The molecular weight excluding hydrogens is 462 g/mol. The van der Waals surface area contributed by atoms with E-state index in [1.807, 2.05) is 41.3 Å². The highest BCUT2D eigenvalue weighted by Crippen LogP contribution is 2.60. The molecule has 5 nitrogen and oxygen atoms in total. The Bertz CT molecular complexity index is 1410. The number of rotatable bonds is 3. The third-order valence-corrected chi connectivity index (χ3v) is 7.89. The van der Waals surface area contributed by atoms with Gasteiger partial charge in [0.2, 0.25) is 0 Å². The first-order valence-corrected chi connectivity index (χ1v) is 11.9. The molecule has 6 rings (SSSR count). The van der Waals surface area contributed by atoms with Gasteiger partial charge < -0.3 is 9.64 Å². The van der Waals surface area contributed by atoms with Crippen LogP contribution in [0.15, 0.2) is 72.8 Å². The summed E-state index contributed by atoms with van der Waals surface area (Å²) in [6.07, 6.45) is 3.79. The SMILES string of the molecule is COc1ccc([C@@H]2[C@H](C(C)=O)N3c4ccc(Cl)cc4C=C[C@H]3C23C(=O)c2ccccc2C3=O)cc1. The monoisotopic (exact) mass is 483 g/mol. The van der Waals surface area contributed by atoms with E-state index in [0.29, 0.717) is 21.9 Å². The summed E-state index contributed by atoms with van der Waals surface area (Å²) in [4.78, 5) is 43.9. The largest absolute Gasteiger partial charge is 0.497 e. The first-order chi connectivity index (χ1) is 16.9. The molecule has 3 atom stereocenters. The molecule has 6 heteroatoms. The van der Waals surface area contributed by atoms with Gasteiger partial charge in [0.05, 0.1) is 19.2 Å². The Morgan fingerprint density at radius 3 is 2.23 bits per heavy atom. The Hall–Kier alpha value is -3.70. The van der Waals surface area contributed by atoms with E-state index in [1.54, 1.807) is 49.6 Å². The number of hydrogen-bond acceptors (Lipinski definition) is 5. The number of carbonyl (C=O) groups excluding carboxylic acids is 3. The predicted molar refractivity (Wildman–Crippen MR) is 134 cm³/mol. The first kappa shape index (κ1) is 21.8. The van der Waals surface area contributed by atoms with Crippen LogP contribution in [0.5, 0.6) is 5.75 Å². The molecule has 0 N–H and O–H groups in total. The Morgan fingerprint density at radius 1 is 0.971 bits per heavy atom. The van der Waals surface area contributed by atoms with E-state index in [9.17, 15) is 14.4 Å². The van der Waals surface area contributed by atoms with Crippen molar-refractivity contribution in [3.63, 3.8) is 0 Å². The van der Waals surface area contributed by atoms with E-state index in [-0.39, 0.29) is 17.3 Å². The molecule has 35 heavy (non-hydrogen) atoms. The maximum atomic E-state index is 14.3. The van der Waals surface area contributed by atoms with Crippen molar-refractivity contribution in [3.8, 4) is 5.75 Å². The smallest absolute Gasteiger partial charge is 0.180 e. The van der Waals surface area contributed by atoms with E-state index in [1.165, 1.54) is 6.92 Å². The van der Waals surface area contributed by atoms with Crippen LogP contribution >= 0.6 is 11.6 Å². The highest BCUT2D eigenvalue weighted by Gasteiger charge is 2.71. The molecule has 2 aliphatic heterocycles. The van der Waals surface area contributed by atoms with Gasteiger partial charge in [-0.1, -0.05) is 60.2 Å². The van der Waals surface area contributed by atoms with Gasteiger partial charge in [-0.25, -0.2) is 0 Å². The van der Waals surface area contributed by atoms with Gasteiger partial charge in [0.1, 0.15) is 11.2 Å². The third kappa shape index (κ3) is 2.79. The summed E-state index contributed by atoms with van der Waals surface area (Å²) in [6, 6.07) is 18.4. The zero-order chi connectivity index (χ0) is 24.5. The van der Waals surface area contributed by atoms with Gasteiger partial charge in [0.25, 0.3) is 0 Å². The van der Waals surface area contributed by atoms with Crippen molar-refractivity contribution in [2.45, 2.75) is 24.9 Å². The molecule has 0 saturated carbocycles. The summed E-state index contributed by atoms with van der Waals surface area (Å²) < 4.78 is 5.33. The van der Waals surface area contributed by atoms with Gasteiger partial charge in [-0.2, -0.15) is 0 Å². The quantitative estimate of drug-likeness (QED) is 0.468. The molecule has 174 valence electrons. The molecule has 0 radical (unpaired) electrons. The summed E-state index contributed by atoms with van der Waals surface area (Å²) in [5, 5.41) is 0.576. The lowest BCUT2D eigenvalue weighted by atomic mass is 9.64. The molecule has 1 fully saturated rings. The number of ketones is 3. The topological polar surface area (TPSA) is 63.7 Å². The van der Waals surface area contributed by atoms with Crippen LogP contribution in [-0.2, 0) is 4.79 Å². The number of carbonyl (C=O) groups is 3. The van der Waals surface area contributed by atoms with Crippen LogP contribution < -0.4 is 9.64 Å². The maximum absolute atomic E-state index is 14.3. The highest BCUT2D eigenvalue weighted by molar-refractivity contribution is 6.32. The summed E-state index contributed by atoms with van der Waals surface area (Å²) in [7, 11) is 1.58. The van der Waals surface area contributed by atoms with Crippen LogP contribution in [0.4, 0.5) is 5.69 Å². The van der Waals surface area contributed by atoms with Gasteiger partial charge >= 0.3 is 0 Å². The number of fused-ring (bicyclic) bond motifs is 5. The Kier molecular flexibility index (Phi) is 4.77. The van der Waals surface area contributed by atoms with Crippen LogP contribution in [0, 0.1) is 5.41 Å². The van der Waals surface area contributed by atoms with Crippen molar-refractivity contribution in [2.24, 2.45) is 5.41 Å². The van der Waals surface area contributed by atoms with E-state index in [0.717, 1.165) is 16.8 Å². The van der Waals surface area contributed by atoms with E-state index in [2.05, 4.69) is 0 Å². The molecule has 2 heterocycles. The van der Waals surface area contributed by atoms with Gasteiger partial charge in [-0.05, 0) is 48.4 Å². The maximum Gasteiger partial charge on any atom is 0.180 e. The van der Waals surface area contributed by atoms with Crippen molar-refractivity contribution >= 4 is 40.7 Å². The normalized spacial score (nSPS) is 23.3. The number of ether oxygens (including phenoxy) is 1. The molecule has 3 aromatic rings. The number of hydrogen-bond donors (Lipinski definition) is 0. The van der Waals surface area contributed by atoms with Crippen molar-refractivity contribution in [2.75, 3.05) is 12.0 Å². The van der Waals surface area contributed by atoms with Gasteiger partial charge in [-0.3, -0.25) is 14.4 Å². The van der Waals surface area contributed by atoms with Crippen molar-refractivity contribution in [3.05, 3.63) is 100 Å². The van der Waals surface area contributed by atoms with Crippen LogP contribution in [0.2, 0.25) is 5.02 Å². The molecule has 0 unspecified atom stereocenters. The van der Waals surface area contributed by atoms with E-state index < -0.39 is 23.4 Å². The summed E-state index contributed by atoms with van der Waals surface area (Å²) in [6.45, 7) is 1.53. The lowest BCUT2D eigenvalue weighted by Crippen LogP contribution is -2.48. The number of anilines is 1. The Labute approximate surface area is 208 Å². The number of halogens is 1. The van der Waals surface area contributed by atoms with Gasteiger partial charge in [-0.15, -0.1) is 0 Å². The lowest BCUT2D eigenvalue weighted by Gasteiger charge is -2.37. The first-order valence-electron chi connectivity index (χ1n) is 11.5. The molecular formula is C29H22ClNO4. The average molecular weight is 484 g/mol. The minimum Gasteiger partial charge on any atom is -0.497 e. The average Bonchev–Trinajstić information content (AvgIpc) is 3.30. The predicted octanol–water partition coefficient (Wildman–Crippen LogP) is 5.37. The second-order valence-corrected chi connectivity index (χ2v) is 9.73. The molecule has 0 bridgehead atoms. The molecule has 3 aromatic carbocycles. The van der Waals surface area contributed by atoms with Crippen LogP contribution in [0.25, 0.3) is 6.08 Å². The molecule has 1 saturated heterocycles. The van der Waals surface area contributed by atoms with Crippen molar-refractivity contribution in [1.82, 2.24) is 0 Å². The fourth-order valence-corrected chi connectivity index (χ4v) is 6.47. The number of benzene rings is 3. The molecule has 0 amide bonds. The second kappa shape index (κ2) is 7.65. The second-order valence-electron chi connectivity index (χ2n) is 9.29. The standard InChI is InChI=1S/C29H22ClNO4/c1-16(32)26-25(17-7-11-20(35-2)12-8-17)29(27(33)21-5-3-4-6-22(21)28(29)34)24-14-9-18-15-19(30)10-13-23(18)31(24)26/h3-15,24-26H,1-2H3/t24-,25+,26-/m0/s1. The fraction of sp³-hybridized carbons (Fsp3) is 0.207. The summed E-state index contributed by atoms with van der Waals surface area (Å²) in [5.41, 5.74) is 1.74. The molecule has 1 spiro atoms. The van der Waals surface area contributed by atoms with Crippen LogP contribution in [-0.4, -0.2) is 36.5 Å². The number of nitrogens with zero attached hydrogens (tertiary/aromatic N) is 1. The van der Waals surface area contributed by atoms with Crippen LogP contribution in [0.3, 0.4) is 0 Å². The third-order valence-electron chi connectivity index (χ3n) is 7.66. The van der Waals surface area contributed by atoms with Crippen molar-refractivity contribution < 1.29 is 19.1 Å². The Balaban J connectivity index is 1.66. The molecule has 3 aliphatic rings. The summed E-state index contributed by atoms with van der Waals surface area (Å²) in [5.74, 6) is -0.611. The summed E-state index contributed by atoms with van der Waals surface area (Å²) >= 11 is 6.26. The Morgan fingerprint density at radius 2 is 1.63 bits per heavy atom. The van der Waals surface area contributed by atoms with E-state index in [4.69, 9.17) is 16.3 Å². The number of Topliss-reactive ketones (excluding diaryl/α,β-unsaturated/α-hetero) is 3. The van der Waals surface area contributed by atoms with Crippen molar-refractivity contribution in [1.29, 1.82) is 0 Å². The van der Waals surface area contributed by atoms with Gasteiger partial charge in [0, 0.05) is 27.8 Å². The lowest BCUT2D eigenvalue weighted by molar-refractivity contribution is -0.118. The fourth-order valence-electron chi connectivity index (χ4n) is 6.29. The zero-order valence-electron chi connectivity index (χ0n) is 19.2. The highest BCUT2D eigenvalue weighted by atomic mass is 35.5. The number of methoxy groups -OCH3 is 1. The van der Waals surface area contributed by atoms with Crippen LogP contribution in [0.1, 0.15) is 44.7 Å².